The van der Waals surface area contributed by atoms with Gasteiger partial charge in [0.1, 0.15) is 11.8 Å². The molecule has 1 aromatic heterocycles. The average Bonchev–Trinajstić information content (AvgIpc) is 3.47. The second kappa shape index (κ2) is 9.34. The molecule has 4 rings (SSSR count). The lowest BCUT2D eigenvalue weighted by Crippen LogP contribution is -2.45. The number of imidazole rings is 1. The van der Waals surface area contributed by atoms with Gasteiger partial charge >= 0.3 is 6.03 Å². The van der Waals surface area contributed by atoms with Crippen molar-refractivity contribution in [3.63, 3.8) is 0 Å². The highest BCUT2D eigenvalue weighted by atomic mass is 16.5. The predicted molar refractivity (Wildman–Crippen MR) is 118 cm³/mol. The maximum Gasteiger partial charge on any atom is 0.322 e. The number of urea groups is 1. The molecule has 3 amide bonds. The fourth-order valence-electron chi connectivity index (χ4n) is 3.72. The minimum absolute atomic E-state index is 0.188. The highest BCUT2D eigenvalue weighted by Gasteiger charge is 2.34. The summed E-state index contributed by atoms with van der Waals surface area (Å²) in [7, 11) is 1.59. The molecule has 1 fully saturated rings. The summed E-state index contributed by atoms with van der Waals surface area (Å²) in [6.45, 7) is 1.21. The molecule has 0 aliphatic carbocycles. The van der Waals surface area contributed by atoms with Gasteiger partial charge in [-0.2, -0.15) is 0 Å². The van der Waals surface area contributed by atoms with E-state index in [-0.39, 0.29) is 11.9 Å². The Kier molecular flexibility index (Phi) is 6.16. The maximum atomic E-state index is 12.9. The number of aromatic nitrogens is 2. The van der Waals surface area contributed by atoms with Crippen molar-refractivity contribution >= 4 is 23.3 Å². The topological polar surface area (TPSA) is 88.5 Å². The summed E-state index contributed by atoms with van der Waals surface area (Å²) in [6.07, 6.45) is 6.80. The van der Waals surface area contributed by atoms with Crippen LogP contribution in [-0.2, 0) is 11.3 Å². The number of methoxy groups -OCH3 is 1. The Morgan fingerprint density at radius 1 is 1.13 bits per heavy atom. The smallest absolute Gasteiger partial charge is 0.322 e. The fraction of sp³-hybridized carbons (Fsp3) is 0.261. The van der Waals surface area contributed by atoms with Gasteiger partial charge in [-0.15, -0.1) is 0 Å². The van der Waals surface area contributed by atoms with Crippen LogP contribution in [0.15, 0.2) is 67.3 Å². The van der Waals surface area contributed by atoms with Crippen LogP contribution in [0.3, 0.4) is 0 Å². The Balaban J connectivity index is 1.38. The fourth-order valence-corrected chi connectivity index (χ4v) is 3.72. The molecule has 2 aromatic carbocycles. The molecule has 1 aliphatic rings. The first-order valence-corrected chi connectivity index (χ1v) is 10.2. The molecule has 0 radical (unpaired) electrons. The quantitative estimate of drug-likeness (QED) is 0.639. The van der Waals surface area contributed by atoms with Crippen molar-refractivity contribution in [2.24, 2.45) is 0 Å². The van der Waals surface area contributed by atoms with Crippen LogP contribution in [0.5, 0.6) is 5.75 Å². The summed E-state index contributed by atoms with van der Waals surface area (Å²) in [4.78, 5) is 31.3. The SMILES string of the molecule is COc1ccc(NC(=O)C2CCCN2C(=O)Nc2cccc(Cn3ccnc3)c2)cc1. The van der Waals surface area contributed by atoms with Crippen LogP contribution in [0.2, 0.25) is 0 Å². The van der Waals surface area contributed by atoms with Gasteiger partial charge in [-0.25, -0.2) is 9.78 Å². The Morgan fingerprint density at radius 2 is 1.97 bits per heavy atom. The number of amides is 3. The largest absolute Gasteiger partial charge is 0.497 e. The molecule has 0 bridgehead atoms. The zero-order valence-corrected chi connectivity index (χ0v) is 17.3. The van der Waals surface area contributed by atoms with E-state index in [9.17, 15) is 9.59 Å². The van der Waals surface area contributed by atoms with Crippen LogP contribution >= 0.6 is 0 Å². The van der Waals surface area contributed by atoms with Crippen molar-refractivity contribution in [3.05, 3.63) is 72.8 Å². The van der Waals surface area contributed by atoms with Crippen LogP contribution < -0.4 is 15.4 Å². The number of hydrogen-bond donors (Lipinski definition) is 2. The zero-order valence-electron chi connectivity index (χ0n) is 17.3. The second-order valence-corrected chi connectivity index (χ2v) is 7.43. The summed E-state index contributed by atoms with van der Waals surface area (Å²) >= 11 is 0. The minimum atomic E-state index is -0.503. The number of rotatable bonds is 6. The zero-order chi connectivity index (χ0) is 21.6. The number of ether oxygens (including phenoxy) is 1. The molecule has 8 nitrogen and oxygen atoms in total. The van der Waals surface area contributed by atoms with Crippen LogP contribution in [0.1, 0.15) is 18.4 Å². The molecule has 31 heavy (non-hydrogen) atoms. The van der Waals surface area contributed by atoms with Crippen molar-refractivity contribution in [2.45, 2.75) is 25.4 Å². The van der Waals surface area contributed by atoms with Crippen molar-refractivity contribution in [3.8, 4) is 5.75 Å². The summed E-state index contributed by atoms with van der Waals surface area (Å²) in [5, 5.41) is 5.83. The molecule has 160 valence electrons. The van der Waals surface area contributed by atoms with E-state index in [1.807, 2.05) is 35.0 Å². The summed E-state index contributed by atoms with van der Waals surface area (Å²) in [5.74, 6) is 0.529. The third-order valence-corrected chi connectivity index (χ3v) is 5.28. The van der Waals surface area contributed by atoms with E-state index >= 15 is 0 Å². The molecule has 1 atom stereocenters. The summed E-state index contributed by atoms with van der Waals surface area (Å²) in [5.41, 5.74) is 2.42. The maximum absolute atomic E-state index is 12.9. The van der Waals surface area contributed by atoms with Gasteiger partial charge in [0.15, 0.2) is 0 Å². The molecule has 2 N–H and O–H groups in total. The van der Waals surface area contributed by atoms with Crippen molar-refractivity contribution in [1.29, 1.82) is 0 Å². The van der Waals surface area contributed by atoms with E-state index in [0.717, 1.165) is 17.7 Å². The van der Waals surface area contributed by atoms with Gasteiger partial charge in [0.05, 0.1) is 13.4 Å². The Labute approximate surface area is 180 Å². The van der Waals surface area contributed by atoms with E-state index in [1.165, 1.54) is 0 Å². The van der Waals surface area contributed by atoms with Crippen LogP contribution in [-0.4, -0.2) is 46.1 Å². The van der Waals surface area contributed by atoms with E-state index in [2.05, 4.69) is 15.6 Å². The van der Waals surface area contributed by atoms with Gasteiger partial charge in [0.2, 0.25) is 5.91 Å². The number of hydrogen-bond acceptors (Lipinski definition) is 4. The Hall–Kier alpha value is -3.81. The van der Waals surface area contributed by atoms with Crippen molar-refractivity contribution < 1.29 is 14.3 Å². The van der Waals surface area contributed by atoms with Crippen molar-refractivity contribution in [1.82, 2.24) is 14.5 Å². The summed E-state index contributed by atoms with van der Waals surface area (Å²) < 4.78 is 7.10. The molecule has 2 heterocycles. The molecule has 0 saturated carbocycles. The number of anilines is 2. The lowest BCUT2D eigenvalue weighted by atomic mass is 10.2. The van der Waals surface area contributed by atoms with Gasteiger partial charge in [0.25, 0.3) is 0 Å². The number of carbonyl (C=O) groups is 2. The Bertz CT molecular complexity index is 1030. The van der Waals surface area contributed by atoms with E-state index in [0.29, 0.717) is 30.9 Å². The first-order valence-electron chi connectivity index (χ1n) is 10.2. The molecule has 1 aliphatic heterocycles. The van der Waals surface area contributed by atoms with Gasteiger partial charge in [-0.3, -0.25) is 4.79 Å². The number of nitrogens with one attached hydrogen (secondary N) is 2. The highest BCUT2D eigenvalue weighted by Crippen LogP contribution is 2.22. The first kappa shape index (κ1) is 20.5. The normalized spacial score (nSPS) is 15.5. The van der Waals surface area contributed by atoms with E-state index in [4.69, 9.17) is 4.74 Å². The monoisotopic (exact) mass is 419 g/mol. The Morgan fingerprint density at radius 3 is 2.71 bits per heavy atom. The van der Waals surface area contributed by atoms with E-state index in [1.54, 1.807) is 48.8 Å². The second-order valence-electron chi connectivity index (χ2n) is 7.43. The van der Waals surface area contributed by atoms with Crippen LogP contribution in [0.25, 0.3) is 0 Å². The van der Waals surface area contributed by atoms with Crippen molar-refractivity contribution in [2.75, 3.05) is 24.3 Å². The molecule has 1 saturated heterocycles. The summed E-state index contributed by atoms with van der Waals surface area (Å²) in [6, 6.07) is 14.0. The minimum Gasteiger partial charge on any atom is -0.497 e. The standard InChI is InChI=1S/C23H25N5O3/c1-31-20-9-7-18(8-10-20)25-22(29)21-6-3-12-28(21)23(30)26-19-5-2-4-17(14-19)15-27-13-11-24-16-27/h2,4-5,7-11,13-14,16,21H,3,6,12,15H2,1H3,(H,25,29)(H,26,30). The van der Waals surface area contributed by atoms with Crippen LogP contribution in [0.4, 0.5) is 16.2 Å². The molecular formula is C23H25N5O3. The molecule has 0 spiro atoms. The number of benzene rings is 2. The molecule has 3 aromatic rings. The van der Waals surface area contributed by atoms with Gasteiger partial charge in [0, 0.05) is 36.9 Å². The average molecular weight is 419 g/mol. The molecule has 1 unspecified atom stereocenters. The van der Waals surface area contributed by atoms with Gasteiger partial charge in [-0.05, 0) is 54.8 Å². The molecular weight excluding hydrogens is 394 g/mol. The number of nitrogens with zero attached hydrogens (tertiary/aromatic N) is 3. The number of carbonyl (C=O) groups excluding carboxylic acids is 2. The third kappa shape index (κ3) is 5.03. The lowest BCUT2D eigenvalue weighted by molar-refractivity contribution is -0.119. The van der Waals surface area contributed by atoms with Gasteiger partial charge in [-0.1, -0.05) is 12.1 Å². The highest BCUT2D eigenvalue weighted by molar-refractivity contribution is 5.99. The van der Waals surface area contributed by atoms with Crippen LogP contribution in [0, 0.1) is 0 Å². The predicted octanol–water partition coefficient (Wildman–Crippen LogP) is 3.58. The lowest BCUT2D eigenvalue weighted by Gasteiger charge is -2.24. The molecule has 8 heteroatoms. The van der Waals surface area contributed by atoms with E-state index < -0.39 is 6.04 Å². The third-order valence-electron chi connectivity index (χ3n) is 5.28. The van der Waals surface area contributed by atoms with Gasteiger partial charge < -0.3 is 24.8 Å². The number of likely N-dealkylation sites (tertiary alicyclic amines) is 1. The first-order chi connectivity index (χ1) is 15.1.